The van der Waals surface area contributed by atoms with Gasteiger partial charge in [0.25, 0.3) is 0 Å². The second-order valence-corrected chi connectivity index (χ2v) is 8.69. The summed E-state index contributed by atoms with van der Waals surface area (Å²) in [7, 11) is 0. The molecule has 0 aromatic heterocycles. The van der Waals surface area contributed by atoms with Crippen LogP contribution in [-0.4, -0.2) is 24.4 Å². The Hall–Kier alpha value is -2.24. The van der Waals surface area contributed by atoms with Crippen LogP contribution in [0.4, 0.5) is 21.0 Å². The van der Waals surface area contributed by atoms with Crippen LogP contribution in [0.25, 0.3) is 0 Å². The van der Waals surface area contributed by atoms with Crippen LogP contribution in [0.5, 0.6) is 0 Å². The maximum Gasteiger partial charge on any atom is 0.411 e. The Morgan fingerprint density at radius 3 is 1.90 bits per heavy atom. The number of carbonyl (C=O) groups is 2. The van der Waals surface area contributed by atoms with Crippen LogP contribution >= 0.6 is 0 Å². The number of ether oxygens (including phenoxy) is 2. The number of amides is 2. The molecule has 3 rings (SSSR count). The molecule has 2 fully saturated rings. The number of anilines is 2. The van der Waals surface area contributed by atoms with Gasteiger partial charge in [-0.15, -0.1) is 0 Å². The lowest BCUT2D eigenvalue weighted by atomic mass is 9.88. The predicted molar refractivity (Wildman–Crippen MR) is 114 cm³/mol. The third-order valence-corrected chi connectivity index (χ3v) is 6.30. The van der Waals surface area contributed by atoms with E-state index < -0.39 is 12.2 Å². The van der Waals surface area contributed by atoms with Gasteiger partial charge in [-0.05, 0) is 75.0 Å². The van der Waals surface area contributed by atoms with E-state index >= 15 is 0 Å². The molecule has 6 heteroatoms. The molecule has 0 aliphatic heterocycles. The van der Waals surface area contributed by atoms with Gasteiger partial charge < -0.3 is 9.47 Å². The molecule has 29 heavy (non-hydrogen) atoms. The first-order chi connectivity index (χ1) is 13.9. The van der Waals surface area contributed by atoms with E-state index in [1.165, 1.54) is 12.8 Å². The zero-order valence-corrected chi connectivity index (χ0v) is 17.8. The van der Waals surface area contributed by atoms with Crippen LogP contribution in [0, 0.1) is 18.8 Å². The minimum atomic E-state index is -0.447. The summed E-state index contributed by atoms with van der Waals surface area (Å²) in [6.45, 7) is 6.17. The van der Waals surface area contributed by atoms with Gasteiger partial charge in [-0.1, -0.05) is 32.8 Å². The highest BCUT2D eigenvalue weighted by molar-refractivity contribution is 5.89. The molecule has 0 bridgehead atoms. The second-order valence-electron chi connectivity index (χ2n) is 8.69. The van der Waals surface area contributed by atoms with Gasteiger partial charge in [0.1, 0.15) is 12.2 Å². The van der Waals surface area contributed by atoms with Gasteiger partial charge in [0.05, 0.1) is 0 Å². The third kappa shape index (κ3) is 6.12. The average Bonchev–Trinajstić information content (AvgIpc) is 2.68. The minimum absolute atomic E-state index is 0.0285. The van der Waals surface area contributed by atoms with Crippen molar-refractivity contribution in [2.75, 3.05) is 10.6 Å². The number of rotatable bonds is 4. The maximum absolute atomic E-state index is 12.4. The van der Waals surface area contributed by atoms with Crippen LogP contribution in [0.15, 0.2) is 18.2 Å². The SMILES string of the molecule is Cc1ccc(NC(=O)O[C@@H]2CCCC[C@@H]2C)cc1NC(=O)O[C@H]1CCCC[C@@H]1C. The van der Waals surface area contributed by atoms with E-state index in [-0.39, 0.29) is 12.2 Å². The molecule has 160 valence electrons. The Balaban J connectivity index is 1.56. The van der Waals surface area contributed by atoms with E-state index in [0.717, 1.165) is 44.1 Å². The number of hydrogen-bond acceptors (Lipinski definition) is 4. The predicted octanol–water partition coefficient (Wildman–Crippen LogP) is 6.25. The van der Waals surface area contributed by atoms with Crippen molar-refractivity contribution in [2.24, 2.45) is 11.8 Å². The average molecular weight is 403 g/mol. The molecule has 0 heterocycles. The van der Waals surface area contributed by atoms with Crippen molar-refractivity contribution < 1.29 is 19.1 Å². The summed E-state index contributed by atoms with van der Waals surface area (Å²) in [6, 6.07) is 5.41. The maximum atomic E-state index is 12.4. The molecule has 2 aliphatic rings. The van der Waals surface area contributed by atoms with Gasteiger partial charge >= 0.3 is 12.2 Å². The molecule has 0 saturated heterocycles. The first-order valence-corrected chi connectivity index (χ1v) is 11.0. The fourth-order valence-electron chi connectivity index (χ4n) is 4.31. The highest BCUT2D eigenvalue weighted by Crippen LogP contribution is 2.28. The lowest BCUT2D eigenvalue weighted by Crippen LogP contribution is -2.30. The van der Waals surface area contributed by atoms with E-state index in [4.69, 9.17) is 9.47 Å². The largest absolute Gasteiger partial charge is 0.446 e. The van der Waals surface area contributed by atoms with Crippen molar-refractivity contribution >= 4 is 23.6 Å². The molecule has 0 unspecified atom stereocenters. The molecule has 2 amide bonds. The quantitative estimate of drug-likeness (QED) is 0.624. The fraction of sp³-hybridized carbons (Fsp3) is 0.652. The smallest absolute Gasteiger partial charge is 0.411 e. The van der Waals surface area contributed by atoms with E-state index in [0.29, 0.717) is 23.2 Å². The van der Waals surface area contributed by atoms with Crippen molar-refractivity contribution in [1.82, 2.24) is 0 Å². The van der Waals surface area contributed by atoms with Crippen LogP contribution in [0.3, 0.4) is 0 Å². The number of aryl methyl sites for hydroxylation is 1. The van der Waals surface area contributed by atoms with Crippen molar-refractivity contribution in [3.05, 3.63) is 23.8 Å². The van der Waals surface area contributed by atoms with Gasteiger partial charge in [-0.2, -0.15) is 0 Å². The lowest BCUT2D eigenvalue weighted by Gasteiger charge is -2.28. The fourth-order valence-corrected chi connectivity index (χ4v) is 4.31. The number of hydrogen-bond donors (Lipinski definition) is 2. The summed E-state index contributed by atoms with van der Waals surface area (Å²) in [4.78, 5) is 24.7. The summed E-state index contributed by atoms with van der Waals surface area (Å²) in [5.74, 6) is 0.780. The van der Waals surface area contributed by atoms with E-state index in [2.05, 4.69) is 24.5 Å². The van der Waals surface area contributed by atoms with E-state index in [1.54, 1.807) is 12.1 Å². The van der Waals surface area contributed by atoms with Gasteiger partial charge in [-0.3, -0.25) is 10.6 Å². The molecule has 2 saturated carbocycles. The highest BCUT2D eigenvalue weighted by atomic mass is 16.6. The van der Waals surface area contributed by atoms with Crippen LogP contribution < -0.4 is 10.6 Å². The summed E-state index contributed by atoms with van der Waals surface area (Å²) >= 11 is 0. The van der Waals surface area contributed by atoms with Crippen molar-refractivity contribution in [3.8, 4) is 0 Å². The van der Waals surface area contributed by atoms with Gasteiger partial charge in [-0.25, -0.2) is 9.59 Å². The summed E-state index contributed by atoms with van der Waals surface area (Å²) < 4.78 is 11.2. The molecule has 2 aliphatic carbocycles. The molecular weight excluding hydrogens is 368 g/mol. The lowest BCUT2D eigenvalue weighted by molar-refractivity contribution is 0.0521. The van der Waals surface area contributed by atoms with Gasteiger partial charge in [0.2, 0.25) is 0 Å². The van der Waals surface area contributed by atoms with Crippen molar-refractivity contribution in [2.45, 2.75) is 84.3 Å². The molecule has 1 aromatic rings. The topological polar surface area (TPSA) is 76.7 Å². The van der Waals surface area contributed by atoms with E-state index in [1.807, 2.05) is 13.0 Å². The minimum Gasteiger partial charge on any atom is -0.446 e. The first kappa shape index (κ1) is 21.5. The van der Waals surface area contributed by atoms with Crippen LogP contribution in [-0.2, 0) is 9.47 Å². The summed E-state index contributed by atoms with van der Waals surface area (Å²) in [5, 5.41) is 5.61. The molecule has 1 aromatic carbocycles. The Bertz CT molecular complexity index is 721. The Kier molecular flexibility index (Phi) is 7.40. The van der Waals surface area contributed by atoms with Crippen molar-refractivity contribution in [1.29, 1.82) is 0 Å². The van der Waals surface area contributed by atoms with Crippen molar-refractivity contribution in [3.63, 3.8) is 0 Å². The van der Waals surface area contributed by atoms with Gasteiger partial charge in [0.15, 0.2) is 0 Å². The monoisotopic (exact) mass is 402 g/mol. The second kappa shape index (κ2) is 9.99. The molecule has 2 N–H and O–H groups in total. The Morgan fingerprint density at radius 1 is 0.828 bits per heavy atom. The van der Waals surface area contributed by atoms with Crippen LogP contribution in [0.1, 0.15) is 70.8 Å². The van der Waals surface area contributed by atoms with Gasteiger partial charge in [0, 0.05) is 11.4 Å². The number of benzene rings is 1. The summed E-state index contributed by atoms with van der Waals surface area (Å²) in [5.41, 5.74) is 2.12. The first-order valence-electron chi connectivity index (χ1n) is 11.0. The molecular formula is C23H34N2O4. The highest BCUT2D eigenvalue weighted by Gasteiger charge is 2.26. The van der Waals surface area contributed by atoms with E-state index in [9.17, 15) is 9.59 Å². The summed E-state index contributed by atoms with van der Waals surface area (Å²) in [6.07, 6.45) is 7.68. The molecule has 0 spiro atoms. The normalized spacial score (nSPS) is 27.0. The molecule has 4 atom stereocenters. The Labute approximate surface area is 173 Å². The number of nitrogens with one attached hydrogen (secondary N) is 2. The molecule has 6 nitrogen and oxygen atoms in total. The third-order valence-electron chi connectivity index (χ3n) is 6.30. The van der Waals surface area contributed by atoms with Crippen LogP contribution in [0.2, 0.25) is 0 Å². The Morgan fingerprint density at radius 2 is 1.34 bits per heavy atom. The molecule has 0 radical (unpaired) electrons. The number of carbonyl (C=O) groups excluding carboxylic acids is 2. The zero-order chi connectivity index (χ0) is 20.8. The standard InChI is InChI=1S/C23H34N2O4/c1-15-12-13-18(24-22(26)28-20-10-6-4-8-16(20)2)14-19(15)25-23(27)29-21-11-7-5-9-17(21)3/h12-14,16-17,20-21H,4-11H2,1-3H3,(H,24,26)(H,25,27)/t16-,17-,20+,21-/m0/s1. The zero-order valence-electron chi connectivity index (χ0n) is 17.8.